The van der Waals surface area contributed by atoms with Crippen LogP contribution in [0.4, 0.5) is 0 Å². The number of amides is 1. The van der Waals surface area contributed by atoms with Crippen molar-refractivity contribution in [2.45, 2.75) is 44.8 Å². The summed E-state index contributed by atoms with van der Waals surface area (Å²) in [7, 11) is 0. The third-order valence-corrected chi connectivity index (χ3v) is 2.85. The number of carbonyl (C=O) groups excluding carboxylic acids is 1. The first-order chi connectivity index (χ1) is 6.59. The van der Waals surface area contributed by atoms with Gasteiger partial charge >= 0.3 is 0 Å². The number of rotatable bonds is 5. The second-order valence-corrected chi connectivity index (χ2v) is 4.24. The van der Waals surface area contributed by atoms with Crippen LogP contribution in [0.3, 0.4) is 0 Å². The van der Waals surface area contributed by atoms with Gasteiger partial charge in [0.05, 0.1) is 6.10 Å². The first kappa shape index (κ1) is 11.5. The van der Waals surface area contributed by atoms with E-state index in [2.05, 4.69) is 5.32 Å². The van der Waals surface area contributed by atoms with E-state index in [0.717, 1.165) is 25.8 Å². The normalized spacial score (nSPS) is 29.0. The Morgan fingerprint density at radius 1 is 1.64 bits per heavy atom. The second kappa shape index (κ2) is 5.32. The van der Waals surface area contributed by atoms with Crippen molar-refractivity contribution < 1.29 is 9.90 Å². The lowest BCUT2D eigenvalue weighted by Gasteiger charge is -2.18. The highest BCUT2D eigenvalue weighted by molar-refractivity contribution is 5.74. The number of nitrogens with two attached hydrogens (primary N) is 1. The quantitative estimate of drug-likeness (QED) is 0.585. The Balaban J connectivity index is 2.16. The van der Waals surface area contributed by atoms with E-state index in [-0.39, 0.29) is 18.1 Å². The Bertz CT molecular complexity index is 197. The van der Waals surface area contributed by atoms with E-state index in [0.29, 0.717) is 12.3 Å². The van der Waals surface area contributed by atoms with Crippen molar-refractivity contribution >= 4 is 5.91 Å². The fraction of sp³-hybridized carbons (Fsp3) is 0.900. The van der Waals surface area contributed by atoms with E-state index in [4.69, 9.17) is 5.73 Å². The van der Waals surface area contributed by atoms with Gasteiger partial charge in [-0.15, -0.1) is 0 Å². The Labute approximate surface area is 84.9 Å². The molecule has 1 amide bonds. The van der Waals surface area contributed by atoms with Crippen LogP contribution in [0.1, 0.15) is 32.6 Å². The van der Waals surface area contributed by atoms with Crippen molar-refractivity contribution in [2.24, 2.45) is 11.7 Å². The number of nitrogens with one attached hydrogen (secondary N) is 1. The molecular weight excluding hydrogens is 180 g/mol. The summed E-state index contributed by atoms with van der Waals surface area (Å²) in [5, 5.41) is 12.8. The lowest BCUT2D eigenvalue weighted by molar-refractivity contribution is -0.118. The molecule has 14 heavy (non-hydrogen) atoms. The molecule has 4 N–H and O–H groups in total. The molecule has 0 heterocycles. The first-order valence-electron chi connectivity index (χ1n) is 5.29. The molecular formula is C10H20N2O2. The smallest absolute Gasteiger partial charge is 0.218 e. The Hall–Kier alpha value is -0.610. The third-order valence-electron chi connectivity index (χ3n) is 2.85. The maximum Gasteiger partial charge on any atom is 0.218 e. The van der Waals surface area contributed by atoms with Gasteiger partial charge in [-0.1, -0.05) is 6.42 Å². The minimum absolute atomic E-state index is 0.111. The van der Waals surface area contributed by atoms with E-state index < -0.39 is 0 Å². The molecule has 0 bridgehead atoms. The van der Waals surface area contributed by atoms with Crippen LogP contribution < -0.4 is 11.1 Å². The predicted octanol–water partition coefficient (Wildman–Crippen LogP) is 0.000900. The summed E-state index contributed by atoms with van der Waals surface area (Å²) in [6.07, 6.45) is 3.30. The first-order valence-corrected chi connectivity index (χ1v) is 5.29. The van der Waals surface area contributed by atoms with Crippen molar-refractivity contribution in [2.75, 3.05) is 6.54 Å². The van der Waals surface area contributed by atoms with Crippen molar-refractivity contribution in [1.82, 2.24) is 5.32 Å². The zero-order valence-corrected chi connectivity index (χ0v) is 8.70. The topological polar surface area (TPSA) is 75.4 Å². The average molecular weight is 200 g/mol. The molecule has 1 aliphatic rings. The standard InChI is InChI=1S/C10H20N2O2/c1-7(5-10(11)14)12-6-8-3-2-4-9(8)13/h7-9,12-13H,2-6H2,1H3,(H2,11,14). The number of hydrogen-bond acceptors (Lipinski definition) is 3. The minimum Gasteiger partial charge on any atom is -0.393 e. The Morgan fingerprint density at radius 2 is 2.36 bits per heavy atom. The molecule has 1 saturated carbocycles. The third kappa shape index (κ3) is 3.64. The molecule has 3 atom stereocenters. The average Bonchev–Trinajstić information content (AvgIpc) is 2.46. The number of carbonyl (C=O) groups is 1. The van der Waals surface area contributed by atoms with Gasteiger partial charge in [0.15, 0.2) is 0 Å². The van der Waals surface area contributed by atoms with Crippen molar-refractivity contribution in [3.63, 3.8) is 0 Å². The predicted molar refractivity (Wildman–Crippen MR) is 54.6 cm³/mol. The van der Waals surface area contributed by atoms with Crippen LogP contribution in [0, 0.1) is 5.92 Å². The summed E-state index contributed by atoms with van der Waals surface area (Å²) >= 11 is 0. The van der Waals surface area contributed by atoms with E-state index in [1.165, 1.54) is 0 Å². The van der Waals surface area contributed by atoms with Crippen molar-refractivity contribution in [3.8, 4) is 0 Å². The van der Waals surface area contributed by atoms with Gasteiger partial charge in [-0.25, -0.2) is 0 Å². The molecule has 4 heteroatoms. The number of primary amides is 1. The second-order valence-electron chi connectivity index (χ2n) is 4.24. The molecule has 0 spiro atoms. The number of hydrogen-bond donors (Lipinski definition) is 3. The molecule has 1 fully saturated rings. The van der Waals surface area contributed by atoms with Crippen LogP contribution in [0.25, 0.3) is 0 Å². The zero-order valence-electron chi connectivity index (χ0n) is 8.70. The maximum absolute atomic E-state index is 10.6. The molecule has 0 aromatic rings. The lowest BCUT2D eigenvalue weighted by atomic mass is 10.1. The van der Waals surface area contributed by atoms with E-state index in [1.807, 2.05) is 6.92 Å². The molecule has 0 aliphatic heterocycles. The van der Waals surface area contributed by atoms with E-state index >= 15 is 0 Å². The molecule has 0 aromatic heterocycles. The van der Waals surface area contributed by atoms with Gasteiger partial charge in [0.1, 0.15) is 0 Å². The summed E-state index contributed by atoms with van der Waals surface area (Å²) in [4.78, 5) is 10.6. The Morgan fingerprint density at radius 3 is 2.86 bits per heavy atom. The highest BCUT2D eigenvalue weighted by Crippen LogP contribution is 2.24. The van der Waals surface area contributed by atoms with Gasteiger partial charge in [-0.3, -0.25) is 4.79 Å². The summed E-state index contributed by atoms with van der Waals surface area (Å²) in [5.41, 5.74) is 5.08. The van der Waals surface area contributed by atoms with Crippen molar-refractivity contribution in [1.29, 1.82) is 0 Å². The van der Waals surface area contributed by atoms with Crippen LogP contribution >= 0.6 is 0 Å². The number of aliphatic hydroxyl groups excluding tert-OH is 1. The van der Waals surface area contributed by atoms with Gasteiger partial charge in [0.2, 0.25) is 5.91 Å². The highest BCUT2D eigenvalue weighted by atomic mass is 16.3. The molecule has 0 radical (unpaired) electrons. The summed E-state index contributed by atoms with van der Waals surface area (Å²) in [5.74, 6) is 0.0716. The summed E-state index contributed by atoms with van der Waals surface area (Å²) in [6, 6.07) is 0.111. The molecule has 0 aromatic carbocycles. The Kier molecular flexibility index (Phi) is 4.35. The van der Waals surface area contributed by atoms with Crippen LogP contribution in [0.5, 0.6) is 0 Å². The van der Waals surface area contributed by atoms with Gasteiger partial charge in [-0.2, -0.15) is 0 Å². The van der Waals surface area contributed by atoms with Crippen LogP contribution in [0.2, 0.25) is 0 Å². The molecule has 1 rings (SSSR count). The van der Waals surface area contributed by atoms with Gasteiger partial charge in [-0.05, 0) is 25.7 Å². The summed E-state index contributed by atoms with van der Waals surface area (Å²) < 4.78 is 0. The van der Waals surface area contributed by atoms with Crippen LogP contribution in [-0.4, -0.2) is 29.7 Å². The van der Waals surface area contributed by atoms with Crippen molar-refractivity contribution in [3.05, 3.63) is 0 Å². The maximum atomic E-state index is 10.6. The molecule has 3 unspecified atom stereocenters. The molecule has 4 nitrogen and oxygen atoms in total. The molecule has 0 saturated heterocycles. The van der Waals surface area contributed by atoms with E-state index in [1.54, 1.807) is 0 Å². The zero-order chi connectivity index (χ0) is 10.6. The minimum atomic E-state index is -0.281. The van der Waals surface area contributed by atoms with Gasteiger partial charge in [0, 0.05) is 19.0 Å². The number of aliphatic hydroxyl groups is 1. The SMILES string of the molecule is CC(CC(N)=O)NCC1CCCC1O. The highest BCUT2D eigenvalue weighted by Gasteiger charge is 2.25. The molecule has 82 valence electrons. The van der Waals surface area contributed by atoms with Crippen LogP contribution in [0.15, 0.2) is 0 Å². The van der Waals surface area contributed by atoms with Crippen LogP contribution in [-0.2, 0) is 4.79 Å². The van der Waals surface area contributed by atoms with E-state index in [9.17, 15) is 9.90 Å². The monoisotopic (exact) mass is 200 g/mol. The summed E-state index contributed by atoms with van der Waals surface area (Å²) in [6.45, 7) is 2.72. The van der Waals surface area contributed by atoms with Gasteiger partial charge < -0.3 is 16.2 Å². The lowest BCUT2D eigenvalue weighted by Crippen LogP contribution is -2.36. The fourth-order valence-electron chi connectivity index (χ4n) is 1.98. The largest absolute Gasteiger partial charge is 0.393 e. The fourth-order valence-corrected chi connectivity index (χ4v) is 1.98. The van der Waals surface area contributed by atoms with Gasteiger partial charge in [0.25, 0.3) is 0 Å². The molecule has 1 aliphatic carbocycles.